The number of aryl methyl sites for hydroxylation is 1. The zero-order chi connectivity index (χ0) is 28.2. The summed E-state index contributed by atoms with van der Waals surface area (Å²) in [5.41, 5.74) is 2.50. The second kappa shape index (κ2) is 12.3. The van der Waals surface area contributed by atoms with Gasteiger partial charge in [0.15, 0.2) is 0 Å². The van der Waals surface area contributed by atoms with Crippen LogP contribution in [0, 0.1) is 19.7 Å². The van der Waals surface area contributed by atoms with Gasteiger partial charge in [0.2, 0.25) is 10.0 Å². The number of carbonyl (C=O) groups is 1. The van der Waals surface area contributed by atoms with Crippen molar-refractivity contribution in [3.8, 4) is 5.75 Å². The van der Waals surface area contributed by atoms with E-state index in [0.29, 0.717) is 5.56 Å². The first-order valence-corrected chi connectivity index (χ1v) is 13.8. The fourth-order valence-electron chi connectivity index (χ4n) is 4.32. The van der Waals surface area contributed by atoms with Gasteiger partial charge in [-0.05, 0) is 61.2 Å². The quantitative estimate of drug-likeness (QED) is 0.307. The van der Waals surface area contributed by atoms with Crippen molar-refractivity contribution in [2.24, 2.45) is 0 Å². The summed E-state index contributed by atoms with van der Waals surface area (Å²) in [5, 5.41) is 10.8. The van der Waals surface area contributed by atoms with E-state index in [1.165, 1.54) is 19.1 Å². The van der Waals surface area contributed by atoms with E-state index in [1.807, 2.05) is 30.3 Å². The number of methoxy groups -OCH3 is 1. The average Bonchev–Trinajstić information content (AvgIpc) is 2.87. The first-order valence-electron chi connectivity index (χ1n) is 11.9. The smallest absolute Gasteiger partial charge is 0.324 e. The van der Waals surface area contributed by atoms with Gasteiger partial charge in [-0.25, -0.2) is 12.8 Å². The van der Waals surface area contributed by atoms with Crippen LogP contribution in [0.25, 0.3) is 0 Å². The van der Waals surface area contributed by atoms with Gasteiger partial charge in [-0.2, -0.15) is 4.72 Å². The molecule has 3 rings (SSSR count). The summed E-state index contributed by atoms with van der Waals surface area (Å²) in [5.74, 6) is -3.05. The van der Waals surface area contributed by atoms with E-state index >= 15 is 0 Å². The minimum atomic E-state index is -4.57. The first-order chi connectivity index (χ1) is 17.9. The third-order valence-electron chi connectivity index (χ3n) is 6.54. The zero-order valence-corrected chi connectivity index (χ0v) is 23.4. The first kappa shape index (κ1) is 29.6. The molecule has 0 saturated carbocycles. The lowest BCUT2D eigenvalue weighted by molar-refractivity contribution is -0.143. The molecule has 0 aliphatic carbocycles. The lowest BCUT2D eigenvalue weighted by Gasteiger charge is -2.26. The van der Waals surface area contributed by atoms with Crippen molar-refractivity contribution < 1.29 is 32.2 Å². The molecular weight excluding hydrogens is 533 g/mol. The van der Waals surface area contributed by atoms with Crippen molar-refractivity contribution in [2.75, 3.05) is 7.11 Å². The molecule has 0 aromatic heterocycles. The lowest BCUT2D eigenvalue weighted by Crippen LogP contribution is -2.45. The fourth-order valence-corrected chi connectivity index (χ4v) is 6.16. The number of phenols is 1. The van der Waals surface area contributed by atoms with Crippen molar-refractivity contribution in [1.29, 1.82) is 0 Å². The van der Waals surface area contributed by atoms with Gasteiger partial charge in [0.25, 0.3) is 0 Å². The van der Waals surface area contributed by atoms with Crippen LogP contribution in [0.3, 0.4) is 0 Å². The third-order valence-corrected chi connectivity index (χ3v) is 8.30. The van der Waals surface area contributed by atoms with Crippen LogP contribution in [0.2, 0.25) is 5.02 Å². The highest BCUT2D eigenvalue weighted by molar-refractivity contribution is 7.89. The number of sulfonamides is 1. The third kappa shape index (κ3) is 6.53. The Morgan fingerprint density at radius 3 is 2.39 bits per heavy atom. The zero-order valence-electron chi connectivity index (χ0n) is 21.8. The SMILES string of the molecule is COC(=O)[C@@H](NS(=O)(=O)c1c(O)cc(Cl)cc1C(C)OCc1ccccc1)C(C)c1c(F)ccc(C)c1C. The molecule has 0 bridgehead atoms. The molecule has 10 heteroatoms. The Bertz CT molecular complexity index is 1410. The number of phenolic OH excluding ortho intramolecular Hbond substituents is 1. The Balaban J connectivity index is 2.02. The summed E-state index contributed by atoms with van der Waals surface area (Å²) in [7, 11) is -3.46. The minimum absolute atomic E-state index is 0.0904. The Morgan fingerprint density at radius 2 is 1.76 bits per heavy atom. The van der Waals surface area contributed by atoms with Crippen LogP contribution in [0.4, 0.5) is 4.39 Å². The van der Waals surface area contributed by atoms with Crippen LogP contribution >= 0.6 is 11.6 Å². The molecule has 7 nitrogen and oxygen atoms in total. The van der Waals surface area contributed by atoms with Crippen LogP contribution in [0.1, 0.15) is 53.7 Å². The summed E-state index contributed by atoms with van der Waals surface area (Å²) in [4.78, 5) is 12.3. The largest absolute Gasteiger partial charge is 0.506 e. The van der Waals surface area contributed by atoms with Crippen LogP contribution in [0.5, 0.6) is 5.75 Å². The normalized spacial score (nSPS) is 14.1. The van der Waals surface area contributed by atoms with Gasteiger partial charge in [-0.15, -0.1) is 0 Å². The average molecular weight is 564 g/mol. The molecule has 0 fully saturated rings. The summed E-state index contributed by atoms with van der Waals surface area (Å²) in [6.45, 7) is 6.82. The highest BCUT2D eigenvalue weighted by atomic mass is 35.5. The number of ether oxygens (including phenoxy) is 2. The number of rotatable bonds is 10. The fraction of sp³-hybridized carbons (Fsp3) is 0.321. The molecule has 0 heterocycles. The number of nitrogens with one attached hydrogen (secondary N) is 1. The number of benzene rings is 3. The highest BCUT2D eigenvalue weighted by Gasteiger charge is 2.37. The van der Waals surface area contributed by atoms with Gasteiger partial charge in [-0.1, -0.05) is 54.9 Å². The monoisotopic (exact) mass is 563 g/mol. The van der Waals surface area contributed by atoms with E-state index in [0.717, 1.165) is 24.3 Å². The molecule has 0 radical (unpaired) electrons. The number of hydrogen-bond acceptors (Lipinski definition) is 6. The van der Waals surface area contributed by atoms with Crippen LogP contribution < -0.4 is 4.72 Å². The molecule has 2 unspecified atom stereocenters. The molecule has 38 heavy (non-hydrogen) atoms. The van der Waals surface area contributed by atoms with E-state index in [-0.39, 0.29) is 22.8 Å². The van der Waals surface area contributed by atoms with Crippen molar-refractivity contribution in [3.63, 3.8) is 0 Å². The summed E-state index contributed by atoms with van der Waals surface area (Å²) in [6.07, 6.45) is -0.808. The Kier molecular flexibility index (Phi) is 9.54. The topological polar surface area (TPSA) is 102 Å². The lowest BCUT2D eigenvalue weighted by atomic mass is 9.88. The van der Waals surface area contributed by atoms with Gasteiger partial charge in [0.1, 0.15) is 22.5 Å². The molecule has 0 aliphatic rings. The molecule has 0 aliphatic heterocycles. The molecule has 3 atom stereocenters. The van der Waals surface area contributed by atoms with Crippen molar-refractivity contribution in [1.82, 2.24) is 4.72 Å². The number of carbonyl (C=O) groups excluding carboxylic acids is 1. The maximum atomic E-state index is 14.9. The van der Waals surface area contributed by atoms with Gasteiger partial charge >= 0.3 is 5.97 Å². The van der Waals surface area contributed by atoms with Crippen molar-refractivity contribution >= 4 is 27.6 Å². The van der Waals surface area contributed by atoms with E-state index in [9.17, 15) is 22.7 Å². The molecule has 3 aromatic carbocycles. The minimum Gasteiger partial charge on any atom is -0.506 e. The standard InChI is InChI=1S/C28H31ClFNO6S/c1-16-11-12-23(30)25(17(16)2)18(3)26(28(33)36-5)31-38(34,35)27-22(13-21(29)14-24(27)32)19(4)37-15-20-9-7-6-8-10-20/h6-14,18-19,26,31-32H,15H2,1-5H3/t18?,19?,26-/m0/s1. The molecule has 0 amide bonds. The van der Waals surface area contributed by atoms with Gasteiger partial charge < -0.3 is 14.6 Å². The molecule has 0 spiro atoms. The number of hydrogen-bond donors (Lipinski definition) is 2. The maximum absolute atomic E-state index is 14.9. The van der Waals surface area contributed by atoms with Gasteiger partial charge in [-0.3, -0.25) is 4.79 Å². The van der Waals surface area contributed by atoms with Gasteiger partial charge in [0, 0.05) is 16.5 Å². The van der Waals surface area contributed by atoms with Crippen molar-refractivity contribution in [3.05, 3.63) is 93.3 Å². The Hall–Kier alpha value is -2.98. The highest BCUT2D eigenvalue weighted by Crippen LogP contribution is 2.37. The van der Waals surface area contributed by atoms with Gasteiger partial charge in [0.05, 0.1) is 19.8 Å². The molecular formula is C28H31ClFNO6S. The number of esters is 1. The molecule has 3 aromatic rings. The Morgan fingerprint density at radius 1 is 1.11 bits per heavy atom. The summed E-state index contributed by atoms with van der Waals surface area (Å²) >= 11 is 6.15. The maximum Gasteiger partial charge on any atom is 0.324 e. The van der Waals surface area contributed by atoms with E-state index in [1.54, 1.807) is 26.8 Å². The van der Waals surface area contributed by atoms with Crippen LogP contribution in [-0.2, 0) is 30.9 Å². The summed E-state index contributed by atoms with van der Waals surface area (Å²) < 4.78 is 55.3. The number of aromatic hydroxyl groups is 1. The predicted octanol–water partition coefficient (Wildman–Crippen LogP) is 5.70. The Labute approximate surface area is 227 Å². The molecule has 2 N–H and O–H groups in total. The predicted molar refractivity (Wildman–Crippen MR) is 143 cm³/mol. The van der Waals surface area contributed by atoms with E-state index < -0.39 is 50.5 Å². The van der Waals surface area contributed by atoms with Crippen LogP contribution in [0.15, 0.2) is 59.5 Å². The molecule has 0 saturated heterocycles. The van der Waals surface area contributed by atoms with Crippen LogP contribution in [-0.4, -0.2) is 32.6 Å². The van der Waals surface area contributed by atoms with E-state index in [4.69, 9.17) is 21.1 Å². The summed E-state index contributed by atoms with van der Waals surface area (Å²) in [6, 6.07) is 13.1. The second-order valence-electron chi connectivity index (χ2n) is 9.10. The van der Waals surface area contributed by atoms with Crippen molar-refractivity contribution in [2.45, 2.75) is 57.3 Å². The number of halogens is 2. The second-order valence-corrected chi connectivity index (χ2v) is 11.2. The molecule has 204 valence electrons. The van der Waals surface area contributed by atoms with E-state index in [2.05, 4.69) is 4.72 Å².